The summed E-state index contributed by atoms with van der Waals surface area (Å²) in [7, 11) is 0. The van der Waals surface area contributed by atoms with Gasteiger partial charge in [0, 0.05) is 26.1 Å². The van der Waals surface area contributed by atoms with E-state index in [1.165, 1.54) is 10.5 Å². The smallest absolute Gasteiger partial charge is 0.261 e. The zero-order chi connectivity index (χ0) is 21.6. The summed E-state index contributed by atoms with van der Waals surface area (Å²) in [5, 5.41) is 6.58. The van der Waals surface area contributed by atoms with Crippen molar-refractivity contribution in [2.75, 3.05) is 26.2 Å². The number of imide groups is 1. The molecule has 0 saturated carbocycles. The highest BCUT2D eigenvalue weighted by molar-refractivity contribution is 6.21. The molecule has 1 atom stereocenters. The molecule has 0 radical (unpaired) electrons. The van der Waals surface area contributed by atoms with Gasteiger partial charge in [0.15, 0.2) is 5.96 Å². The Balaban J connectivity index is 1.20. The van der Waals surface area contributed by atoms with Crippen LogP contribution in [0.4, 0.5) is 0 Å². The molecule has 7 nitrogen and oxygen atoms in total. The lowest BCUT2D eigenvalue weighted by molar-refractivity contribution is 0.0652. The van der Waals surface area contributed by atoms with Crippen LogP contribution in [0.2, 0.25) is 0 Å². The third-order valence-electron chi connectivity index (χ3n) is 5.49. The maximum atomic E-state index is 12.4. The molecule has 2 heterocycles. The monoisotopic (exact) mass is 420 g/mol. The van der Waals surface area contributed by atoms with Gasteiger partial charge in [-0.05, 0) is 43.5 Å². The molecule has 31 heavy (non-hydrogen) atoms. The fourth-order valence-electron chi connectivity index (χ4n) is 3.93. The van der Waals surface area contributed by atoms with Crippen molar-refractivity contribution in [1.82, 2.24) is 15.5 Å². The zero-order valence-corrected chi connectivity index (χ0v) is 17.8. The highest BCUT2D eigenvalue weighted by Gasteiger charge is 2.34. The number of hydrogen-bond acceptors (Lipinski definition) is 4. The Morgan fingerprint density at radius 2 is 1.74 bits per heavy atom. The van der Waals surface area contributed by atoms with Crippen LogP contribution >= 0.6 is 0 Å². The van der Waals surface area contributed by atoms with Crippen molar-refractivity contribution < 1.29 is 14.3 Å². The molecule has 2 aliphatic heterocycles. The molecule has 1 unspecified atom stereocenters. The van der Waals surface area contributed by atoms with E-state index in [0.717, 1.165) is 37.5 Å². The maximum Gasteiger partial charge on any atom is 0.261 e. The van der Waals surface area contributed by atoms with Gasteiger partial charge < -0.3 is 15.4 Å². The van der Waals surface area contributed by atoms with E-state index in [0.29, 0.717) is 30.8 Å². The number of guanidine groups is 1. The summed E-state index contributed by atoms with van der Waals surface area (Å²) in [5.74, 6) is 1.32. The van der Waals surface area contributed by atoms with E-state index in [9.17, 15) is 9.59 Å². The van der Waals surface area contributed by atoms with Crippen molar-refractivity contribution in [3.8, 4) is 5.75 Å². The second-order valence-corrected chi connectivity index (χ2v) is 7.71. The van der Waals surface area contributed by atoms with Crippen LogP contribution in [0.5, 0.6) is 5.75 Å². The van der Waals surface area contributed by atoms with Crippen LogP contribution in [0.1, 0.15) is 46.0 Å². The average Bonchev–Trinajstić information content (AvgIpc) is 3.31. The van der Waals surface area contributed by atoms with Gasteiger partial charge >= 0.3 is 0 Å². The SMILES string of the molecule is CCNC(=NCC1Cc2ccccc2O1)NCCCCN1C(=O)c2ccccc2C1=O. The first-order valence-electron chi connectivity index (χ1n) is 10.9. The molecular formula is C24H28N4O3. The number of amides is 2. The molecule has 0 fully saturated rings. The van der Waals surface area contributed by atoms with E-state index in [4.69, 9.17) is 4.74 Å². The lowest BCUT2D eigenvalue weighted by Gasteiger charge is -2.15. The van der Waals surface area contributed by atoms with E-state index in [-0.39, 0.29) is 17.9 Å². The van der Waals surface area contributed by atoms with Gasteiger partial charge in [0.05, 0.1) is 17.7 Å². The molecule has 0 aromatic heterocycles. The van der Waals surface area contributed by atoms with Crippen molar-refractivity contribution in [1.29, 1.82) is 0 Å². The lowest BCUT2D eigenvalue weighted by atomic mass is 10.1. The molecule has 2 aromatic rings. The first-order chi connectivity index (χ1) is 15.2. The summed E-state index contributed by atoms with van der Waals surface area (Å²) in [4.78, 5) is 30.8. The highest BCUT2D eigenvalue weighted by atomic mass is 16.5. The summed E-state index contributed by atoms with van der Waals surface area (Å²) in [6.07, 6.45) is 2.49. The summed E-state index contributed by atoms with van der Waals surface area (Å²) < 4.78 is 5.95. The van der Waals surface area contributed by atoms with Crippen LogP contribution in [0.3, 0.4) is 0 Å². The van der Waals surface area contributed by atoms with Crippen LogP contribution in [0, 0.1) is 0 Å². The van der Waals surface area contributed by atoms with Gasteiger partial charge in [-0.2, -0.15) is 0 Å². The topological polar surface area (TPSA) is 83.0 Å². The van der Waals surface area contributed by atoms with Crippen molar-refractivity contribution >= 4 is 17.8 Å². The predicted molar refractivity (Wildman–Crippen MR) is 120 cm³/mol. The first-order valence-corrected chi connectivity index (χ1v) is 10.9. The van der Waals surface area contributed by atoms with Gasteiger partial charge in [0.2, 0.25) is 0 Å². The van der Waals surface area contributed by atoms with E-state index in [1.54, 1.807) is 24.3 Å². The Bertz CT molecular complexity index is 928. The molecule has 0 saturated heterocycles. The number of nitrogens with one attached hydrogen (secondary N) is 2. The van der Waals surface area contributed by atoms with Gasteiger partial charge in [0.25, 0.3) is 11.8 Å². The van der Waals surface area contributed by atoms with Crippen LogP contribution in [-0.2, 0) is 6.42 Å². The first kappa shape index (κ1) is 20.9. The second kappa shape index (κ2) is 9.64. The van der Waals surface area contributed by atoms with E-state index in [1.807, 2.05) is 25.1 Å². The Morgan fingerprint density at radius 1 is 1.03 bits per heavy atom. The molecular weight excluding hydrogens is 392 g/mol. The molecule has 0 aliphatic carbocycles. The van der Waals surface area contributed by atoms with Gasteiger partial charge in [-0.25, -0.2) is 4.99 Å². The van der Waals surface area contributed by atoms with Crippen molar-refractivity contribution in [3.63, 3.8) is 0 Å². The number of unbranched alkanes of at least 4 members (excludes halogenated alkanes) is 1. The fraction of sp³-hybridized carbons (Fsp3) is 0.375. The van der Waals surface area contributed by atoms with Crippen LogP contribution < -0.4 is 15.4 Å². The fourth-order valence-corrected chi connectivity index (χ4v) is 3.93. The zero-order valence-electron chi connectivity index (χ0n) is 17.8. The minimum Gasteiger partial charge on any atom is -0.488 e. The summed E-state index contributed by atoms with van der Waals surface area (Å²) in [6.45, 7) is 4.52. The third-order valence-corrected chi connectivity index (χ3v) is 5.49. The van der Waals surface area contributed by atoms with Gasteiger partial charge in [0.1, 0.15) is 11.9 Å². The van der Waals surface area contributed by atoms with Crippen LogP contribution in [0.15, 0.2) is 53.5 Å². The van der Waals surface area contributed by atoms with E-state index < -0.39 is 0 Å². The number of benzene rings is 2. The number of fused-ring (bicyclic) bond motifs is 2. The summed E-state index contributed by atoms with van der Waals surface area (Å²) in [5.41, 5.74) is 2.24. The Hall–Kier alpha value is -3.35. The Kier molecular flexibility index (Phi) is 6.50. The van der Waals surface area contributed by atoms with Gasteiger partial charge in [-0.3, -0.25) is 14.5 Å². The number of hydrogen-bond donors (Lipinski definition) is 2. The largest absolute Gasteiger partial charge is 0.488 e. The standard InChI is InChI=1S/C24H28N4O3/c1-2-25-24(27-16-18-15-17-9-3-6-12-21(17)31-18)26-13-7-8-14-28-22(29)19-10-4-5-11-20(19)23(28)30/h3-6,9-12,18H,2,7-8,13-16H2,1H3,(H2,25,26,27). The molecule has 2 aromatic carbocycles. The van der Waals surface area contributed by atoms with Crippen molar-refractivity contribution in [2.24, 2.45) is 4.99 Å². The average molecular weight is 421 g/mol. The molecule has 162 valence electrons. The van der Waals surface area contributed by atoms with Crippen molar-refractivity contribution in [3.05, 3.63) is 65.2 Å². The number of aliphatic imine (C=N–C) groups is 1. The third kappa shape index (κ3) is 4.71. The van der Waals surface area contributed by atoms with Crippen LogP contribution in [0.25, 0.3) is 0 Å². The second-order valence-electron chi connectivity index (χ2n) is 7.71. The summed E-state index contributed by atoms with van der Waals surface area (Å²) in [6, 6.07) is 15.1. The van der Waals surface area contributed by atoms with Crippen LogP contribution in [-0.4, -0.2) is 55.0 Å². The Morgan fingerprint density at radius 3 is 2.45 bits per heavy atom. The number of nitrogens with zero attached hydrogens (tertiary/aromatic N) is 2. The summed E-state index contributed by atoms with van der Waals surface area (Å²) >= 11 is 0. The van der Waals surface area contributed by atoms with E-state index in [2.05, 4.69) is 21.7 Å². The molecule has 0 bridgehead atoms. The maximum absolute atomic E-state index is 12.4. The normalized spacial score (nSPS) is 17.4. The van der Waals surface area contributed by atoms with Gasteiger partial charge in [-0.1, -0.05) is 30.3 Å². The number of rotatable bonds is 8. The number of para-hydroxylation sites is 1. The molecule has 2 N–H and O–H groups in total. The quantitative estimate of drug-likeness (QED) is 0.297. The number of carbonyl (C=O) groups excluding carboxylic acids is 2. The number of carbonyl (C=O) groups is 2. The molecule has 0 spiro atoms. The number of ether oxygens (including phenoxy) is 1. The molecule has 4 rings (SSSR count). The van der Waals surface area contributed by atoms with E-state index >= 15 is 0 Å². The van der Waals surface area contributed by atoms with Crippen molar-refractivity contribution in [2.45, 2.75) is 32.3 Å². The molecule has 2 aliphatic rings. The highest BCUT2D eigenvalue weighted by Crippen LogP contribution is 2.28. The minimum atomic E-state index is -0.193. The molecule has 7 heteroatoms. The Labute approximate surface area is 182 Å². The molecule has 2 amide bonds. The predicted octanol–water partition coefficient (Wildman–Crippen LogP) is 2.62. The minimum absolute atomic E-state index is 0.0571. The lowest BCUT2D eigenvalue weighted by Crippen LogP contribution is -2.39. The van der Waals surface area contributed by atoms with Gasteiger partial charge in [-0.15, -0.1) is 0 Å².